The quantitative estimate of drug-likeness (QED) is 0.409. The predicted molar refractivity (Wildman–Crippen MR) is 131 cm³/mol. The summed E-state index contributed by atoms with van der Waals surface area (Å²) in [4.78, 5) is 27.0. The molecule has 2 heterocycles. The molecule has 0 amide bonds. The van der Waals surface area contributed by atoms with Gasteiger partial charge in [0, 0.05) is 24.4 Å². The molecule has 0 spiro atoms. The van der Waals surface area contributed by atoms with Gasteiger partial charge in [-0.05, 0) is 54.8 Å². The fraction of sp³-hybridized carbons (Fsp3) is 0.214. The number of benzene rings is 3. The van der Waals surface area contributed by atoms with Gasteiger partial charge in [-0.25, -0.2) is 0 Å². The summed E-state index contributed by atoms with van der Waals surface area (Å²) in [5, 5.41) is 0.424. The van der Waals surface area contributed by atoms with Crippen LogP contribution in [0.5, 0.6) is 17.2 Å². The Hall–Kier alpha value is -4.06. The Morgan fingerprint density at radius 1 is 0.941 bits per heavy atom. The van der Waals surface area contributed by atoms with Crippen LogP contribution in [0.15, 0.2) is 65.6 Å². The highest BCUT2D eigenvalue weighted by atomic mass is 16.6. The SMILES string of the molecule is COc1ccc(Cn2cc(C(=O)c3ccc(C)c(C)c3)c(=O)c3cc4c(cc32)OCCO4)cc1. The molecule has 172 valence electrons. The molecule has 3 aromatic carbocycles. The van der Waals surface area contributed by atoms with Crippen LogP contribution in [0.4, 0.5) is 0 Å². The number of aryl methyl sites for hydroxylation is 2. The summed E-state index contributed by atoms with van der Waals surface area (Å²) in [7, 11) is 1.63. The van der Waals surface area contributed by atoms with E-state index in [4.69, 9.17) is 14.2 Å². The molecule has 0 bridgehead atoms. The average Bonchev–Trinajstić information content (AvgIpc) is 2.86. The molecule has 34 heavy (non-hydrogen) atoms. The number of hydrogen-bond donors (Lipinski definition) is 0. The third-order valence-corrected chi connectivity index (χ3v) is 6.27. The summed E-state index contributed by atoms with van der Waals surface area (Å²) >= 11 is 0. The molecule has 6 nitrogen and oxygen atoms in total. The van der Waals surface area contributed by atoms with E-state index in [0.29, 0.717) is 47.7 Å². The number of fused-ring (bicyclic) bond motifs is 2. The largest absolute Gasteiger partial charge is 0.497 e. The third-order valence-electron chi connectivity index (χ3n) is 6.27. The van der Waals surface area contributed by atoms with Crippen LogP contribution in [-0.2, 0) is 6.54 Å². The monoisotopic (exact) mass is 455 g/mol. The number of ketones is 1. The minimum atomic E-state index is -0.318. The summed E-state index contributed by atoms with van der Waals surface area (Å²) in [5.74, 6) is 1.57. The molecular formula is C28H25NO5. The highest BCUT2D eigenvalue weighted by Crippen LogP contribution is 2.34. The summed E-state index contributed by atoms with van der Waals surface area (Å²) in [6.45, 7) is 5.28. The van der Waals surface area contributed by atoms with Crippen LogP contribution in [-0.4, -0.2) is 30.7 Å². The maximum Gasteiger partial charge on any atom is 0.200 e. The molecule has 5 rings (SSSR count). The smallest absolute Gasteiger partial charge is 0.200 e. The number of pyridine rings is 1. The van der Waals surface area contributed by atoms with E-state index in [1.54, 1.807) is 25.4 Å². The highest BCUT2D eigenvalue weighted by molar-refractivity contribution is 6.10. The standard InChI is InChI=1S/C28H25NO5/c1-17-4-7-20(12-18(17)2)27(30)23-16-29(15-19-5-8-21(32-3)9-6-19)24-14-26-25(33-10-11-34-26)13-22(24)28(23)31/h4-9,12-14,16H,10-11,15H2,1-3H3. The zero-order valence-corrected chi connectivity index (χ0v) is 19.4. The Morgan fingerprint density at radius 3 is 2.32 bits per heavy atom. The second-order valence-corrected chi connectivity index (χ2v) is 8.49. The molecule has 4 aromatic rings. The number of carbonyl (C=O) groups excluding carboxylic acids is 1. The lowest BCUT2D eigenvalue weighted by molar-refractivity contribution is 0.103. The molecule has 0 atom stereocenters. The Bertz CT molecular complexity index is 1470. The minimum absolute atomic E-state index is 0.126. The van der Waals surface area contributed by atoms with Gasteiger partial charge in [0.25, 0.3) is 0 Å². The van der Waals surface area contributed by atoms with E-state index in [2.05, 4.69) is 0 Å². The summed E-state index contributed by atoms with van der Waals surface area (Å²) < 4.78 is 18.7. The van der Waals surface area contributed by atoms with Crippen molar-refractivity contribution in [1.82, 2.24) is 4.57 Å². The van der Waals surface area contributed by atoms with Crippen molar-refractivity contribution in [1.29, 1.82) is 0 Å². The van der Waals surface area contributed by atoms with Crippen molar-refractivity contribution in [2.24, 2.45) is 0 Å². The van der Waals surface area contributed by atoms with Crippen molar-refractivity contribution in [2.75, 3.05) is 20.3 Å². The van der Waals surface area contributed by atoms with Gasteiger partial charge >= 0.3 is 0 Å². The van der Waals surface area contributed by atoms with Gasteiger partial charge in [-0.1, -0.05) is 24.3 Å². The zero-order valence-electron chi connectivity index (χ0n) is 19.4. The average molecular weight is 456 g/mol. The van der Waals surface area contributed by atoms with E-state index < -0.39 is 0 Å². The Kier molecular flexibility index (Phi) is 5.57. The lowest BCUT2D eigenvalue weighted by Gasteiger charge is -2.21. The van der Waals surface area contributed by atoms with Crippen LogP contribution in [0.2, 0.25) is 0 Å². The van der Waals surface area contributed by atoms with Crippen LogP contribution in [0.3, 0.4) is 0 Å². The first-order valence-electron chi connectivity index (χ1n) is 11.2. The fourth-order valence-corrected chi connectivity index (χ4v) is 4.19. The van der Waals surface area contributed by atoms with E-state index >= 15 is 0 Å². The van der Waals surface area contributed by atoms with Crippen LogP contribution in [0.25, 0.3) is 10.9 Å². The van der Waals surface area contributed by atoms with Crippen molar-refractivity contribution in [3.63, 3.8) is 0 Å². The van der Waals surface area contributed by atoms with E-state index in [1.807, 2.05) is 60.9 Å². The predicted octanol–water partition coefficient (Wildman–Crippen LogP) is 4.68. The van der Waals surface area contributed by atoms with Crippen molar-refractivity contribution in [3.8, 4) is 17.2 Å². The number of rotatable bonds is 5. The molecule has 0 radical (unpaired) electrons. The second-order valence-electron chi connectivity index (χ2n) is 8.49. The van der Waals surface area contributed by atoms with Gasteiger partial charge in [-0.15, -0.1) is 0 Å². The van der Waals surface area contributed by atoms with Gasteiger partial charge in [0.15, 0.2) is 17.3 Å². The van der Waals surface area contributed by atoms with E-state index in [1.165, 1.54) is 0 Å². The first kappa shape index (κ1) is 21.8. The molecule has 0 unspecified atom stereocenters. The molecule has 0 saturated carbocycles. The molecule has 0 aliphatic carbocycles. The number of methoxy groups -OCH3 is 1. The Balaban J connectivity index is 1.69. The van der Waals surface area contributed by atoms with Crippen LogP contribution in [0.1, 0.15) is 32.6 Å². The number of carbonyl (C=O) groups is 1. The fourth-order valence-electron chi connectivity index (χ4n) is 4.19. The van der Waals surface area contributed by atoms with Gasteiger partial charge in [0.05, 0.1) is 23.6 Å². The summed E-state index contributed by atoms with van der Waals surface area (Å²) in [6.07, 6.45) is 1.66. The van der Waals surface area contributed by atoms with E-state index in [-0.39, 0.29) is 16.8 Å². The third kappa shape index (κ3) is 3.92. The highest BCUT2D eigenvalue weighted by Gasteiger charge is 2.21. The van der Waals surface area contributed by atoms with Crippen LogP contribution >= 0.6 is 0 Å². The number of ether oxygens (including phenoxy) is 3. The molecule has 6 heteroatoms. The zero-order chi connectivity index (χ0) is 23.8. The first-order chi connectivity index (χ1) is 16.4. The number of hydrogen-bond acceptors (Lipinski definition) is 5. The molecule has 1 aliphatic heterocycles. The molecule has 1 aliphatic rings. The topological polar surface area (TPSA) is 66.8 Å². The number of aromatic nitrogens is 1. The van der Waals surface area contributed by atoms with Crippen molar-refractivity contribution >= 4 is 16.7 Å². The van der Waals surface area contributed by atoms with Gasteiger partial charge in [0.2, 0.25) is 5.43 Å². The van der Waals surface area contributed by atoms with Crippen molar-refractivity contribution in [2.45, 2.75) is 20.4 Å². The van der Waals surface area contributed by atoms with E-state index in [9.17, 15) is 9.59 Å². The van der Waals surface area contributed by atoms with Gasteiger partial charge in [-0.2, -0.15) is 0 Å². The second kappa shape index (κ2) is 8.71. The number of nitrogens with zero attached hydrogens (tertiary/aromatic N) is 1. The lowest BCUT2D eigenvalue weighted by Crippen LogP contribution is -2.21. The summed E-state index contributed by atoms with van der Waals surface area (Å²) in [6, 6.07) is 16.7. The Labute approximate surface area is 197 Å². The molecule has 0 fully saturated rings. The molecule has 0 N–H and O–H groups in total. The van der Waals surface area contributed by atoms with Crippen LogP contribution in [0, 0.1) is 13.8 Å². The Morgan fingerprint density at radius 2 is 1.65 bits per heavy atom. The van der Waals surface area contributed by atoms with Crippen molar-refractivity contribution < 1.29 is 19.0 Å². The maximum absolute atomic E-state index is 13.5. The summed E-state index contributed by atoms with van der Waals surface area (Å²) in [5.41, 5.74) is 4.09. The lowest BCUT2D eigenvalue weighted by atomic mass is 9.98. The van der Waals surface area contributed by atoms with E-state index in [0.717, 1.165) is 22.4 Å². The van der Waals surface area contributed by atoms with Gasteiger partial charge in [-0.3, -0.25) is 9.59 Å². The molecule has 1 aromatic heterocycles. The maximum atomic E-state index is 13.5. The van der Waals surface area contributed by atoms with Crippen LogP contribution < -0.4 is 19.6 Å². The first-order valence-corrected chi connectivity index (χ1v) is 11.2. The van der Waals surface area contributed by atoms with Gasteiger partial charge < -0.3 is 18.8 Å². The minimum Gasteiger partial charge on any atom is -0.497 e. The van der Waals surface area contributed by atoms with Gasteiger partial charge in [0.1, 0.15) is 19.0 Å². The normalized spacial score (nSPS) is 12.6. The molecule has 0 saturated heterocycles. The molecular weight excluding hydrogens is 430 g/mol. The van der Waals surface area contributed by atoms with Crippen molar-refractivity contribution in [3.05, 3.63) is 98.8 Å².